The van der Waals surface area contributed by atoms with E-state index in [1.165, 1.54) is 7.11 Å². The molecule has 0 atom stereocenters. The summed E-state index contributed by atoms with van der Waals surface area (Å²) in [6.45, 7) is 0. The molecule has 3 nitrogen and oxygen atoms in total. The minimum absolute atomic E-state index is 0.180. The zero-order valence-electron chi connectivity index (χ0n) is 9.48. The molecule has 0 unspecified atom stereocenters. The average Bonchev–Trinajstić information content (AvgIpc) is 2.40. The van der Waals surface area contributed by atoms with Crippen molar-refractivity contribution in [3.63, 3.8) is 0 Å². The molecule has 0 fully saturated rings. The largest absolute Gasteiger partial charge is 0.494 e. The fourth-order valence-corrected chi connectivity index (χ4v) is 2.31. The monoisotopic (exact) mass is 369 g/mol. The van der Waals surface area contributed by atoms with Crippen molar-refractivity contribution < 1.29 is 9.53 Å². The van der Waals surface area contributed by atoms with Crippen LogP contribution in [0.2, 0.25) is 0 Å². The molecule has 0 aliphatic heterocycles. The number of carbonyl (C=O) groups is 1. The van der Waals surface area contributed by atoms with Gasteiger partial charge in [-0.25, -0.2) is 4.98 Å². The molecule has 1 aromatic carbocycles. The van der Waals surface area contributed by atoms with Crippen LogP contribution in [-0.4, -0.2) is 17.9 Å². The van der Waals surface area contributed by atoms with E-state index in [9.17, 15) is 4.79 Å². The molecule has 0 saturated heterocycles. The number of hydrogen-bond donors (Lipinski definition) is 0. The molecule has 0 radical (unpaired) electrons. The molecule has 1 heterocycles. The molecule has 2 aromatic rings. The number of benzene rings is 1. The molecule has 5 heteroatoms. The minimum atomic E-state index is -0.180. The number of hydrogen-bond acceptors (Lipinski definition) is 3. The van der Waals surface area contributed by atoms with E-state index in [1.54, 1.807) is 24.4 Å². The second-order valence-corrected chi connectivity index (χ2v) is 5.28. The smallest absolute Gasteiger partial charge is 0.216 e. The maximum absolute atomic E-state index is 12.4. The molecule has 0 aliphatic rings. The maximum Gasteiger partial charge on any atom is 0.216 e. The molecule has 0 N–H and O–H groups in total. The number of ketones is 1. The van der Waals surface area contributed by atoms with Gasteiger partial charge in [-0.15, -0.1) is 0 Å². The Morgan fingerprint density at radius 2 is 2.06 bits per heavy atom. The summed E-state index contributed by atoms with van der Waals surface area (Å²) in [5.74, 6) is 0.287. The molecule has 0 bridgehead atoms. The summed E-state index contributed by atoms with van der Waals surface area (Å²) >= 11 is 6.71. The van der Waals surface area contributed by atoms with E-state index in [4.69, 9.17) is 4.74 Å². The second-order valence-electron chi connectivity index (χ2n) is 3.51. The lowest BCUT2D eigenvalue weighted by atomic mass is 10.1. The molecule has 2 rings (SSSR count). The van der Waals surface area contributed by atoms with Crippen LogP contribution in [0.1, 0.15) is 16.1 Å². The zero-order valence-corrected chi connectivity index (χ0v) is 12.7. The van der Waals surface area contributed by atoms with Gasteiger partial charge in [0.2, 0.25) is 5.78 Å². The van der Waals surface area contributed by atoms with Crippen LogP contribution >= 0.6 is 31.9 Å². The molecule has 0 spiro atoms. The quantitative estimate of drug-likeness (QED) is 0.770. The average molecular weight is 371 g/mol. The highest BCUT2D eigenvalue weighted by atomic mass is 79.9. The number of rotatable bonds is 3. The summed E-state index contributed by atoms with van der Waals surface area (Å²) in [6, 6.07) is 8.86. The van der Waals surface area contributed by atoms with E-state index in [2.05, 4.69) is 36.8 Å². The van der Waals surface area contributed by atoms with E-state index in [0.717, 1.165) is 8.95 Å². The first-order valence-corrected chi connectivity index (χ1v) is 6.71. The van der Waals surface area contributed by atoms with Crippen LogP contribution in [0.5, 0.6) is 5.75 Å². The Kier molecular flexibility index (Phi) is 4.14. The normalized spacial score (nSPS) is 10.2. The van der Waals surface area contributed by atoms with Crippen molar-refractivity contribution in [3.05, 3.63) is 56.7 Å². The van der Waals surface area contributed by atoms with Gasteiger partial charge in [-0.05, 0) is 30.3 Å². The van der Waals surface area contributed by atoms with Crippen LogP contribution in [0.4, 0.5) is 0 Å². The first-order valence-electron chi connectivity index (χ1n) is 5.12. The molecule has 0 aliphatic carbocycles. The fraction of sp³-hybridized carbons (Fsp3) is 0.0769. The number of carbonyl (C=O) groups excluding carboxylic acids is 1. The fourth-order valence-electron chi connectivity index (χ4n) is 1.52. The standard InChI is InChI=1S/C13H9Br2NO2/c1-18-11-3-2-6-16-12(11)13(17)9-7-8(14)4-5-10(9)15/h2-7H,1H3. The first-order chi connectivity index (χ1) is 8.63. The van der Waals surface area contributed by atoms with Gasteiger partial charge in [0.15, 0.2) is 5.69 Å². The van der Waals surface area contributed by atoms with E-state index in [-0.39, 0.29) is 5.78 Å². The predicted molar refractivity (Wildman–Crippen MR) is 76.1 cm³/mol. The summed E-state index contributed by atoms with van der Waals surface area (Å²) in [6.07, 6.45) is 1.57. The number of halogens is 2. The number of aromatic nitrogens is 1. The summed E-state index contributed by atoms with van der Waals surface area (Å²) in [5, 5.41) is 0. The van der Waals surface area contributed by atoms with Gasteiger partial charge in [0.25, 0.3) is 0 Å². The van der Waals surface area contributed by atoms with Gasteiger partial charge in [-0.1, -0.05) is 31.9 Å². The van der Waals surface area contributed by atoms with Crippen molar-refractivity contribution in [1.82, 2.24) is 4.98 Å². The molecule has 0 saturated carbocycles. The Bertz CT molecular complexity index is 599. The molecule has 0 amide bonds. The lowest BCUT2D eigenvalue weighted by Crippen LogP contribution is -2.07. The lowest BCUT2D eigenvalue weighted by Gasteiger charge is -2.07. The van der Waals surface area contributed by atoms with Gasteiger partial charge in [-0.2, -0.15) is 0 Å². The summed E-state index contributed by atoms with van der Waals surface area (Å²) in [5.41, 5.74) is 0.847. The van der Waals surface area contributed by atoms with Gasteiger partial charge in [0.1, 0.15) is 5.75 Å². The Balaban J connectivity index is 2.51. The highest BCUT2D eigenvalue weighted by Crippen LogP contribution is 2.26. The highest BCUT2D eigenvalue weighted by Gasteiger charge is 2.18. The Morgan fingerprint density at radius 3 is 2.78 bits per heavy atom. The van der Waals surface area contributed by atoms with E-state index < -0.39 is 0 Å². The first kappa shape index (κ1) is 13.2. The predicted octanol–water partition coefficient (Wildman–Crippen LogP) is 3.85. The number of methoxy groups -OCH3 is 1. The van der Waals surface area contributed by atoms with Crippen molar-refractivity contribution >= 4 is 37.6 Å². The van der Waals surface area contributed by atoms with Gasteiger partial charge >= 0.3 is 0 Å². The van der Waals surface area contributed by atoms with Crippen LogP contribution in [-0.2, 0) is 0 Å². The van der Waals surface area contributed by atoms with E-state index >= 15 is 0 Å². The van der Waals surface area contributed by atoms with E-state index in [0.29, 0.717) is 17.0 Å². The zero-order chi connectivity index (χ0) is 13.1. The van der Waals surface area contributed by atoms with Crippen molar-refractivity contribution in [3.8, 4) is 5.75 Å². The third-order valence-corrected chi connectivity index (χ3v) is 3.56. The minimum Gasteiger partial charge on any atom is -0.494 e. The third-order valence-electron chi connectivity index (χ3n) is 2.38. The van der Waals surface area contributed by atoms with Gasteiger partial charge in [-0.3, -0.25) is 4.79 Å². The van der Waals surface area contributed by atoms with Crippen molar-refractivity contribution in [2.45, 2.75) is 0 Å². The number of nitrogens with zero attached hydrogens (tertiary/aromatic N) is 1. The van der Waals surface area contributed by atoms with Gasteiger partial charge < -0.3 is 4.74 Å². The number of ether oxygens (including phenoxy) is 1. The Labute approximate surface area is 121 Å². The third kappa shape index (κ3) is 2.62. The molecule has 92 valence electrons. The van der Waals surface area contributed by atoms with Crippen molar-refractivity contribution in [2.24, 2.45) is 0 Å². The van der Waals surface area contributed by atoms with Gasteiger partial charge in [0, 0.05) is 20.7 Å². The van der Waals surface area contributed by atoms with Gasteiger partial charge in [0.05, 0.1) is 7.11 Å². The molecule has 1 aromatic heterocycles. The molecule has 18 heavy (non-hydrogen) atoms. The highest BCUT2D eigenvalue weighted by molar-refractivity contribution is 9.11. The summed E-state index contributed by atoms with van der Waals surface area (Å²) in [4.78, 5) is 16.5. The van der Waals surface area contributed by atoms with Crippen molar-refractivity contribution in [2.75, 3.05) is 7.11 Å². The van der Waals surface area contributed by atoms with Crippen LogP contribution in [0.3, 0.4) is 0 Å². The summed E-state index contributed by atoms with van der Waals surface area (Å²) in [7, 11) is 1.52. The number of pyridine rings is 1. The lowest BCUT2D eigenvalue weighted by molar-refractivity contribution is 0.103. The van der Waals surface area contributed by atoms with Crippen molar-refractivity contribution in [1.29, 1.82) is 0 Å². The van der Waals surface area contributed by atoms with Crippen LogP contribution < -0.4 is 4.74 Å². The van der Waals surface area contributed by atoms with Crippen LogP contribution in [0, 0.1) is 0 Å². The second kappa shape index (κ2) is 5.63. The Hall–Kier alpha value is -1.20. The SMILES string of the molecule is COc1cccnc1C(=O)c1cc(Br)ccc1Br. The molecular weight excluding hydrogens is 362 g/mol. The topological polar surface area (TPSA) is 39.2 Å². The van der Waals surface area contributed by atoms with E-state index in [1.807, 2.05) is 12.1 Å². The summed E-state index contributed by atoms with van der Waals surface area (Å²) < 4.78 is 6.71. The van der Waals surface area contributed by atoms with Crippen LogP contribution in [0.15, 0.2) is 45.5 Å². The molecular formula is C13H9Br2NO2. The van der Waals surface area contributed by atoms with Crippen LogP contribution in [0.25, 0.3) is 0 Å². The Morgan fingerprint density at radius 1 is 1.28 bits per heavy atom. The maximum atomic E-state index is 12.4.